The second-order valence-corrected chi connectivity index (χ2v) is 7.11. The summed E-state index contributed by atoms with van der Waals surface area (Å²) >= 11 is 5.89. The quantitative estimate of drug-likeness (QED) is 0.375. The Morgan fingerprint density at radius 3 is 2.49 bits per heavy atom. The van der Waals surface area contributed by atoms with E-state index in [1.807, 2.05) is 5.32 Å². The van der Waals surface area contributed by atoms with Crippen molar-refractivity contribution in [1.82, 2.24) is 25.0 Å². The Balaban J connectivity index is 1.64. The number of hydrogen-bond acceptors (Lipinski definition) is 7. The smallest absolute Gasteiger partial charge is 0.434 e. The molecule has 4 aromatic rings. The highest BCUT2D eigenvalue weighted by atomic mass is 35.5. The maximum atomic E-state index is 14.6. The Bertz CT molecular complexity index is 1390. The molecule has 3 aromatic heterocycles. The van der Waals surface area contributed by atoms with Crippen LogP contribution in [0.2, 0.25) is 5.02 Å². The van der Waals surface area contributed by atoms with Gasteiger partial charge < -0.3 is 15.8 Å². The molecule has 0 aliphatic carbocycles. The van der Waals surface area contributed by atoms with Crippen molar-refractivity contribution in [3.8, 4) is 17.3 Å². The first kappa shape index (κ1) is 23.8. The van der Waals surface area contributed by atoms with E-state index in [9.17, 15) is 26.7 Å². The highest BCUT2D eigenvalue weighted by Gasteiger charge is 2.41. The topological polar surface area (TPSA) is 121 Å². The molecule has 0 saturated heterocycles. The number of carbonyl (C=O) groups is 1. The fraction of sp³-hybridized carbons (Fsp3) is 0.0500. The third-order valence-corrected chi connectivity index (χ3v) is 4.79. The lowest BCUT2D eigenvalue weighted by Gasteiger charge is -2.13. The molecule has 15 heteroatoms. The van der Waals surface area contributed by atoms with Gasteiger partial charge in [-0.15, -0.1) is 5.10 Å². The first-order valence-corrected chi connectivity index (χ1v) is 9.75. The molecule has 0 spiro atoms. The summed E-state index contributed by atoms with van der Waals surface area (Å²) in [6.45, 7) is 0. The number of rotatable bonds is 5. The average Bonchev–Trinajstić information content (AvgIpc) is 3.26. The van der Waals surface area contributed by atoms with Crippen molar-refractivity contribution in [3.05, 3.63) is 76.8 Å². The molecule has 9 nitrogen and oxygen atoms in total. The molecule has 0 fully saturated rings. The monoisotopic (exact) mass is 511 g/mol. The summed E-state index contributed by atoms with van der Waals surface area (Å²) < 4.78 is 75.8. The van der Waals surface area contributed by atoms with Crippen molar-refractivity contribution in [2.45, 2.75) is 6.18 Å². The number of alkyl halides is 3. The maximum Gasteiger partial charge on any atom is 0.434 e. The van der Waals surface area contributed by atoms with Gasteiger partial charge in [-0.05, 0) is 12.1 Å². The normalized spacial score (nSPS) is 11.4. The van der Waals surface area contributed by atoms with Crippen LogP contribution in [0.5, 0.6) is 11.5 Å². The average molecular weight is 512 g/mol. The van der Waals surface area contributed by atoms with Gasteiger partial charge in [-0.2, -0.15) is 23.4 Å². The summed E-state index contributed by atoms with van der Waals surface area (Å²) in [6.07, 6.45) is -1.95. The predicted octanol–water partition coefficient (Wildman–Crippen LogP) is 4.63. The number of ether oxygens (including phenoxy) is 1. The van der Waals surface area contributed by atoms with Crippen molar-refractivity contribution in [3.63, 3.8) is 0 Å². The third-order valence-electron chi connectivity index (χ3n) is 4.41. The Hall–Kier alpha value is -4.33. The number of hydrogen-bond donors (Lipinski definition) is 2. The van der Waals surface area contributed by atoms with Gasteiger partial charge in [-0.3, -0.25) is 4.79 Å². The molecule has 0 unspecified atom stereocenters. The standard InChI is InChI=1S/C20H11ClF5N7O2/c21-15-13(3-5-28-18(15)27)35-16-11(22)6-9(7-12(16)23)31-19(34)10-8-30-33(17(10)20(24,25)26)14-2-1-4-29-32-14/h1-8H,(H2,27,28)(H,31,34). The Labute approximate surface area is 197 Å². The van der Waals surface area contributed by atoms with Crippen molar-refractivity contribution in [1.29, 1.82) is 0 Å². The summed E-state index contributed by atoms with van der Waals surface area (Å²) in [5.74, 6) is -5.41. The number of nitrogens with two attached hydrogens (primary N) is 1. The van der Waals surface area contributed by atoms with Crippen molar-refractivity contribution in [2.24, 2.45) is 0 Å². The summed E-state index contributed by atoms with van der Waals surface area (Å²) in [5.41, 5.74) is 2.66. The number of nitrogens with zero attached hydrogens (tertiary/aromatic N) is 5. The summed E-state index contributed by atoms with van der Waals surface area (Å²) in [5, 5.41) is 12.4. The zero-order valence-electron chi connectivity index (χ0n) is 17.0. The largest absolute Gasteiger partial charge is 0.449 e. The number of nitrogens with one attached hydrogen (secondary N) is 1. The fourth-order valence-electron chi connectivity index (χ4n) is 2.93. The number of amides is 1. The van der Waals surface area contributed by atoms with Crippen LogP contribution >= 0.6 is 11.6 Å². The molecule has 180 valence electrons. The lowest BCUT2D eigenvalue weighted by molar-refractivity contribution is -0.143. The molecule has 0 aliphatic rings. The van der Waals surface area contributed by atoms with E-state index < -0.39 is 46.4 Å². The van der Waals surface area contributed by atoms with E-state index >= 15 is 0 Å². The number of anilines is 2. The molecule has 35 heavy (non-hydrogen) atoms. The predicted molar refractivity (Wildman–Crippen MR) is 112 cm³/mol. The molecule has 1 amide bonds. The number of aromatic nitrogens is 5. The summed E-state index contributed by atoms with van der Waals surface area (Å²) in [7, 11) is 0. The van der Waals surface area contributed by atoms with Crippen molar-refractivity contribution < 1.29 is 31.5 Å². The third kappa shape index (κ3) is 4.82. The van der Waals surface area contributed by atoms with Gasteiger partial charge >= 0.3 is 6.18 Å². The van der Waals surface area contributed by atoms with Gasteiger partial charge in [0, 0.05) is 36.3 Å². The molecule has 0 atom stereocenters. The van der Waals surface area contributed by atoms with Crippen molar-refractivity contribution >= 4 is 29.0 Å². The molecule has 0 radical (unpaired) electrons. The van der Waals surface area contributed by atoms with Gasteiger partial charge in [0.2, 0.25) is 0 Å². The van der Waals surface area contributed by atoms with Crippen molar-refractivity contribution in [2.75, 3.05) is 11.1 Å². The van der Waals surface area contributed by atoms with Crippen LogP contribution < -0.4 is 15.8 Å². The first-order valence-electron chi connectivity index (χ1n) is 9.37. The van der Waals surface area contributed by atoms with E-state index in [4.69, 9.17) is 22.1 Å². The number of nitrogen functional groups attached to an aromatic ring is 1. The maximum absolute atomic E-state index is 14.6. The Morgan fingerprint density at radius 2 is 1.86 bits per heavy atom. The van der Waals surface area contributed by atoms with E-state index in [0.29, 0.717) is 23.0 Å². The van der Waals surface area contributed by atoms with Crippen LogP contribution in [0.3, 0.4) is 0 Å². The van der Waals surface area contributed by atoms with Gasteiger partial charge in [-0.25, -0.2) is 18.4 Å². The number of benzene rings is 1. The molecule has 1 aromatic carbocycles. The van der Waals surface area contributed by atoms with Gasteiger partial charge in [0.25, 0.3) is 5.91 Å². The second kappa shape index (κ2) is 9.13. The minimum atomic E-state index is -5.03. The van der Waals surface area contributed by atoms with Gasteiger partial charge in [0.05, 0.1) is 11.8 Å². The van der Waals surface area contributed by atoms with E-state index in [-0.39, 0.29) is 22.4 Å². The van der Waals surface area contributed by atoms with Crippen LogP contribution in [0.4, 0.5) is 33.5 Å². The molecule has 0 bridgehead atoms. The van der Waals surface area contributed by atoms with E-state index in [2.05, 4.69) is 20.3 Å². The Kier molecular flexibility index (Phi) is 6.22. The fourth-order valence-corrected chi connectivity index (χ4v) is 3.08. The molecule has 3 N–H and O–H groups in total. The van der Waals surface area contributed by atoms with E-state index in [1.165, 1.54) is 30.6 Å². The van der Waals surface area contributed by atoms with Crippen LogP contribution in [-0.4, -0.2) is 30.9 Å². The van der Waals surface area contributed by atoms with E-state index in [1.54, 1.807) is 0 Å². The van der Waals surface area contributed by atoms with Crippen LogP contribution in [0.25, 0.3) is 5.82 Å². The lowest BCUT2D eigenvalue weighted by Crippen LogP contribution is -2.21. The molecule has 0 saturated carbocycles. The molecule has 0 aliphatic heterocycles. The van der Waals surface area contributed by atoms with Crippen LogP contribution in [-0.2, 0) is 6.18 Å². The van der Waals surface area contributed by atoms with Crippen LogP contribution in [0, 0.1) is 11.6 Å². The summed E-state index contributed by atoms with van der Waals surface area (Å²) in [6, 6.07) is 5.03. The molecular formula is C20H11ClF5N7O2. The van der Waals surface area contributed by atoms with Crippen LogP contribution in [0.1, 0.15) is 16.1 Å². The summed E-state index contributed by atoms with van der Waals surface area (Å²) in [4.78, 5) is 16.3. The van der Waals surface area contributed by atoms with E-state index in [0.717, 1.165) is 0 Å². The van der Waals surface area contributed by atoms with Gasteiger partial charge in [-0.1, -0.05) is 11.6 Å². The lowest BCUT2D eigenvalue weighted by atomic mass is 10.2. The second-order valence-electron chi connectivity index (χ2n) is 6.73. The first-order chi connectivity index (χ1) is 16.6. The van der Waals surface area contributed by atoms with Gasteiger partial charge in [0.15, 0.2) is 34.6 Å². The highest BCUT2D eigenvalue weighted by Crippen LogP contribution is 2.36. The minimum Gasteiger partial charge on any atom is -0.449 e. The number of halogens is 6. The zero-order valence-corrected chi connectivity index (χ0v) is 17.8. The van der Waals surface area contributed by atoms with Crippen LogP contribution in [0.15, 0.2) is 48.9 Å². The Morgan fingerprint density at radius 1 is 1.14 bits per heavy atom. The SMILES string of the molecule is Nc1nccc(Oc2c(F)cc(NC(=O)c3cnn(-c4cccnn4)c3C(F)(F)F)cc2F)c1Cl. The minimum absolute atomic E-state index is 0.142. The number of pyridine rings is 1. The number of carbonyl (C=O) groups excluding carboxylic acids is 1. The zero-order chi connectivity index (χ0) is 25.3. The molecular weight excluding hydrogens is 501 g/mol. The highest BCUT2D eigenvalue weighted by molar-refractivity contribution is 6.34. The van der Waals surface area contributed by atoms with Gasteiger partial charge in [0.1, 0.15) is 10.8 Å². The molecule has 4 rings (SSSR count). The molecule has 3 heterocycles.